The van der Waals surface area contributed by atoms with Crippen LogP contribution in [0.4, 0.5) is 0 Å². The fraction of sp³-hybridized carbons (Fsp3) is 0.476. The van der Waals surface area contributed by atoms with Crippen LogP contribution in [0.2, 0.25) is 0 Å². The van der Waals surface area contributed by atoms with E-state index in [4.69, 9.17) is 9.47 Å². The molecule has 7 nitrogen and oxygen atoms in total. The number of carbonyl (C=O) groups is 1. The predicted molar refractivity (Wildman–Crippen MR) is 113 cm³/mol. The number of hydrogen-bond donors (Lipinski definition) is 0. The van der Waals surface area contributed by atoms with E-state index < -0.39 is 9.84 Å². The number of benzene rings is 1. The van der Waals surface area contributed by atoms with Gasteiger partial charge in [-0.25, -0.2) is 8.42 Å². The molecule has 0 bridgehead atoms. The Kier molecular flexibility index (Phi) is 6.97. The fourth-order valence-electron chi connectivity index (χ4n) is 3.70. The first kappa shape index (κ1) is 21.4. The largest absolute Gasteiger partial charge is 0.493 e. The van der Waals surface area contributed by atoms with Crippen LogP contribution in [0.3, 0.4) is 0 Å². The molecule has 0 spiro atoms. The third-order valence-electron chi connectivity index (χ3n) is 5.31. The summed E-state index contributed by atoms with van der Waals surface area (Å²) >= 11 is 0. The summed E-state index contributed by atoms with van der Waals surface area (Å²) in [5.41, 5.74) is 0.843. The smallest absolute Gasteiger partial charge is 0.246 e. The average Bonchev–Trinajstić information content (AvgIpc) is 3.10. The molecule has 2 aliphatic heterocycles. The maximum atomic E-state index is 12.5. The lowest BCUT2D eigenvalue weighted by Gasteiger charge is -2.37. The molecule has 1 aromatic carbocycles. The van der Waals surface area contributed by atoms with E-state index >= 15 is 0 Å². The van der Waals surface area contributed by atoms with Crippen LogP contribution in [-0.2, 0) is 14.6 Å². The molecule has 2 heterocycles. The maximum absolute atomic E-state index is 12.5. The highest BCUT2D eigenvalue weighted by atomic mass is 32.2. The quantitative estimate of drug-likeness (QED) is 0.493. The van der Waals surface area contributed by atoms with Crippen LogP contribution in [0.5, 0.6) is 11.5 Å². The molecule has 8 heteroatoms. The highest BCUT2D eigenvalue weighted by molar-refractivity contribution is 7.91. The molecule has 2 fully saturated rings. The van der Waals surface area contributed by atoms with Crippen molar-refractivity contribution in [3.8, 4) is 11.5 Å². The van der Waals surface area contributed by atoms with E-state index in [-0.39, 0.29) is 23.5 Å². The minimum atomic E-state index is -2.89. The first-order chi connectivity index (χ1) is 13.9. The molecule has 0 radical (unpaired) electrons. The maximum Gasteiger partial charge on any atom is 0.246 e. The molecule has 1 aromatic rings. The molecule has 1 unspecified atom stereocenters. The van der Waals surface area contributed by atoms with Gasteiger partial charge >= 0.3 is 0 Å². The van der Waals surface area contributed by atoms with Crippen molar-refractivity contribution >= 4 is 21.8 Å². The Hall–Kier alpha value is -2.32. The molecule has 1 atom stereocenters. The summed E-state index contributed by atoms with van der Waals surface area (Å²) in [6, 6.07) is 5.59. The van der Waals surface area contributed by atoms with Crippen molar-refractivity contribution < 1.29 is 22.7 Å². The number of ether oxygens (including phenoxy) is 2. The Morgan fingerprint density at radius 1 is 1.24 bits per heavy atom. The van der Waals surface area contributed by atoms with Gasteiger partial charge in [0.15, 0.2) is 21.3 Å². The Bertz CT molecular complexity index is 873. The SMILES string of the molecule is C=CCOc1ccc(/C=C/C(=O)N2CCN(C3CCS(=O)(=O)C3)CC2)cc1OC. The molecule has 0 N–H and O–H groups in total. The van der Waals surface area contributed by atoms with Crippen LogP contribution in [0.1, 0.15) is 12.0 Å². The van der Waals surface area contributed by atoms with Crippen molar-refractivity contribution in [3.05, 3.63) is 42.5 Å². The van der Waals surface area contributed by atoms with Gasteiger partial charge < -0.3 is 14.4 Å². The molecule has 1 amide bonds. The van der Waals surface area contributed by atoms with Gasteiger partial charge in [0.05, 0.1) is 18.6 Å². The number of methoxy groups -OCH3 is 1. The van der Waals surface area contributed by atoms with Crippen LogP contribution in [-0.4, -0.2) is 81.6 Å². The van der Waals surface area contributed by atoms with Gasteiger partial charge in [-0.1, -0.05) is 18.7 Å². The van der Waals surface area contributed by atoms with Crippen LogP contribution in [0, 0.1) is 0 Å². The van der Waals surface area contributed by atoms with Gasteiger partial charge in [0, 0.05) is 38.3 Å². The second-order valence-electron chi connectivity index (χ2n) is 7.26. The summed E-state index contributed by atoms with van der Waals surface area (Å²) in [5, 5.41) is 0. The van der Waals surface area contributed by atoms with Gasteiger partial charge in [0.1, 0.15) is 6.61 Å². The number of piperazine rings is 1. The minimum absolute atomic E-state index is 0.0466. The van der Waals surface area contributed by atoms with Crippen LogP contribution in [0.25, 0.3) is 6.08 Å². The fourth-order valence-corrected chi connectivity index (χ4v) is 5.46. The average molecular weight is 421 g/mol. The zero-order chi connectivity index (χ0) is 20.9. The molecule has 158 valence electrons. The lowest BCUT2D eigenvalue weighted by atomic mass is 10.1. The minimum Gasteiger partial charge on any atom is -0.493 e. The van der Waals surface area contributed by atoms with Crippen molar-refractivity contribution in [1.82, 2.24) is 9.80 Å². The Labute approximate surface area is 172 Å². The van der Waals surface area contributed by atoms with Crippen molar-refractivity contribution in [2.75, 3.05) is 51.4 Å². The zero-order valence-electron chi connectivity index (χ0n) is 16.7. The molecule has 0 aliphatic carbocycles. The molecule has 3 rings (SSSR count). The van der Waals surface area contributed by atoms with Gasteiger partial charge in [-0.2, -0.15) is 0 Å². The molecule has 2 aliphatic rings. The topological polar surface area (TPSA) is 76.2 Å². The van der Waals surface area contributed by atoms with E-state index in [1.165, 1.54) is 0 Å². The number of nitrogens with zero attached hydrogens (tertiary/aromatic N) is 2. The highest BCUT2D eigenvalue weighted by Crippen LogP contribution is 2.28. The van der Waals surface area contributed by atoms with Crippen LogP contribution < -0.4 is 9.47 Å². The standard InChI is InChI=1S/C21H28N2O5S/c1-3-13-28-19-6-4-17(15-20(19)27-2)5-7-21(24)23-11-9-22(10-12-23)18-8-14-29(25,26)16-18/h3-7,15,18H,1,8-14,16H2,2H3/b7-5+. The zero-order valence-corrected chi connectivity index (χ0v) is 17.6. The third kappa shape index (κ3) is 5.61. The van der Waals surface area contributed by atoms with E-state index in [9.17, 15) is 13.2 Å². The summed E-state index contributed by atoms with van der Waals surface area (Å²) < 4.78 is 34.2. The van der Waals surface area contributed by atoms with Gasteiger partial charge in [0.2, 0.25) is 5.91 Å². The number of sulfone groups is 1. The van der Waals surface area contributed by atoms with Crippen molar-refractivity contribution in [3.63, 3.8) is 0 Å². The first-order valence-electron chi connectivity index (χ1n) is 9.75. The van der Waals surface area contributed by atoms with Gasteiger partial charge in [-0.05, 0) is 30.2 Å². The van der Waals surface area contributed by atoms with Crippen molar-refractivity contribution in [2.45, 2.75) is 12.5 Å². The van der Waals surface area contributed by atoms with E-state index in [1.54, 1.807) is 36.3 Å². The van der Waals surface area contributed by atoms with Gasteiger partial charge in [0.25, 0.3) is 0 Å². The van der Waals surface area contributed by atoms with E-state index in [2.05, 4.69) is 11.5 Å². The Morgan fingerprint density at radius 2 is 2.00 bits per heavy atom. The summed E-state index contributed by atoms with van der Waals surface area (Å²) in [4.78, 5) is 16.5. The lowest BCUT2D eigenvalue weighted by molar-refractivity contribution is -0.127. The van der Waals surface area contributed by atoms with Crippen LogP contribution in [0.15, 0.2) is 36.9 Å². The Morgan fingerprint density at radius 3 is 2.62 bits per heavy atom. The predicted octanol–water partition coefficient (Wildman–Crippen LogP) is 1.60. The summed E-state index contributed by atoms with van der Waals surface area (Å²) in [7, 11) is -1.31. The number of rotatable bonds is 7. The number of amides is 1. The van der Waals surface area contributed by atoms with Gasteiger partial charge in [-0.15, -0.1) is 0 Å². The molecular formula is C21H28N2O5S. The molecule has 29 heavy (non-hydrogen) atoms. The third-order valence-corrected chi connectivity index (χ3v) is 7.06. The number of carbonyl (C=O) groups excluding carboxylic acids is 1. The van der Waals surface area contributed by atoms with E-state index in [0.717, 1.165) is 5.56 Å². The molecule has 0 aromatic heterocycles. The molecular weight excluding hydrogens is 392 g/mol. The van der Waals surface area contributed by atoms with Crippen molar-refractivity contribution in [2.24, 2.45) is 0 Å². The second-order valence-corrected chi connectivity index (χ2v) is 9.49. The molecule has 0 saturated carbocycles. The van der Waals surface area contributed by atoms with E-state index in [1.807, 2.05) is 12.1 Å². The summed E-state index contributed by atoms with van der Waals surface area (Å²) in [6.45, 7) is 6.66. The van der Waals surface area contributed by atoms with Crippen LogP contribution >= 0.6 is 0 Å². The summed E-state index contributed by atoms with van der Waals surface area (Å²) in [5.74, 6) is 1.70. The monoisotopic (exact) mass is 420 g/mol. The number of hydrogen-bond acceptors (Lipinski definition) is 6. The van der Waals surface area contributed by atoms with E-state index in [0.29, 0.717) is 50.7 Å². The first-order valence-corrected chi connectivity index (χ1v) is 11.6. The van der Waals surface area contributed by atoms with Gasteiger partial charge in [-0.3, -0.25) is 9.69 Å². The molecule has 2 saturated heterocycles. The second kappa shape index (κ2) is 9.45. The Balaban J connectivity index is 1.54. The summed E-state index contributed by atoms with van der Waals surface area (Å²) in [6.07, 6.45) is 5.69. The highest BCUT2D eigenvalue weighted by Gasteiger charge is 2.34. The normalized spacial score (nSPS) is 22.0. The lowest BCUT2D eigenvalue weighted by Crippen LogP contribution is -2.52. The van der Waals surface area contributed by atoms with Crippen molar-refractivity contribution in [1.29, 1.82) is 0 Å².